The molecule has 18 heavy (non-hydrogen) atoms. The Labute approximate surface area is 110 Å². The molecule has 0 aliphatic carbocycles. The molecule has 1 unspecified atom stereocenters. The highest BCUT2D eigenvalue weighted by Crippen LogP contribution is 2.15. The maximum Gasteiger partial charge on any atom is 0.240 e. The van der Waals surface area contributed by atoms with E-state index in [1.165, 1.54) is 11.8 Å². The molecule has 2 amide bonds. The van der Waals surface area contributed by atoms with Crippen LogP contribution in [0.4, 0.5) is 0 Å². The number of carbonyl (C=O) groups excluding carboxylic acids is 2. The third-order valence-electron chi connectivity index (χ3n) is 2.72. The monoisotopic (exact) mass is 265 g/mol. The van der Waals surface area contributed by atoms with E-state index in [1.807, 2.05) is 19.1 Å². The van der Waals surface area contributed by atoms with Crippen molar-refractivity contribution in [3.05, 3.63) is 30.1 Å². The molecule has 1 atom stereocenters. The van der Waals surface area contributed by atoms with E-state index >= 15 is 0 Å². The molecular formula is C12H15N3O2S. The van der Waals surface area contributed by atoms with Gasteiger partial charge in [0.25, 0.3) is 0 Å². The largest absolute Gasteiger partial charge is 0.348 e. The zero-order valence-corrected chi connectivity index (χ0v) is 10.9. The Balaban J connectivity index is 1.86. The highest BCUT2D eigenvalue weighted by molar-refractivity contribution is 8.00. The number of pyridine rings is 1. The summed E-state index contributed by atoms with van der Waals surface area (Å²) in [7, 11) is 0. The van der Waals surface area contributed by atoms with Gasteiger partial charge in [-0.2, -0.15) is 0 Å². The number of nitrogens with zero attached hydrogens (tertiary/aromatic N) is 2. The summed E-state index contributed by atoms with van der Waals surface area (Å²) in [6.07, 6.45) is 3.42. The van der Waals surface area contributed by atoms with Gasteiger partial charge in [0.2, 0.25) is 11.8 Å². The Kier molecular flexibility index (Phi) is 4.19. The average molecular weight is 265 g/mol. The van der Waals surface area contributed by atoms with Crippen LogP contribution in [-0.4, -0.2) is 39.9 Å². The number of thioether (sulfide) groups is 1. The van der Waals surface area contributed by atoms with Gasteiger partial charge in [0.05, 0.1) is 17.7 Å². The predicted octanol–water partition coefficient (Wildman–Crippen LogP) is 0.792. The second kappa shape index (κ2) is 5.86. The number of rotatable bonds is 4. The fraction of sp³-hybridized carbons (Fsp3) is 0.417. The van der Waals surface area contributed by atoms with E-state index in [-0.39, 0.29) is 24.4 Å². The molecule has 0 saturated carbocycles. The van der Waals surface area contributed by atoms with Crippen molar-refractivity contribution in [2.75, 3.05) is 18.2 Å². The second-order valence-electron chi connectivity index (χ2n) is 4.14. The number of nitrogens with one attached hydrogen (secondary N) is 1. The van der Waals surface area contributed by atoms with Crippen molar-refractivity contribution < 1.29 is 9.59 Å². The molecule has 0 spiro atoms. The van der Waals surface area contributed by atoms with Crippen LogP contribution in [0.3, 0.4) is 0 Å². The zero-order chi connectivity index (χ0) is 13.0. The van der Waals surface area contributed by atoms with Gasteiger partial charge in [-0.1, -0.05) is 6.07 Å². The summed E-state index contributed by atoms with van der Waals surface area (Å²) < 4.78 is 0. The maximum atomic E-state index is 11.8. The minimum absolute atomic E-state index is 0.0316. The van der Waals surface area contributed by atoms with Gasteiger partial charge in [-0.3, -0.25) is 14.6 Å². The molecule has 0 bridgehead atoms. The fourth-order valence-electron chi connectivity index (χ4n) is 1.72. The van der Waals surface area contributed by atoms with Gasteiger partial charge in [0, 0.05) is 12.4 Å². The lowest BCUT2D eigenvalue weighted by molar-refractivity contribution is -0.132. The number of aromatic nitrogens is 1. The van der Waals surface area contributed by atoms with Crippen LogP contribution >= 0.6 is 11.8 Å². The normalized spacial score (nSPS) is 16.7. The SMILES string of the molecule is CC(NC(=O)CN1CSCC1=O)c1cccnc1. The van der Waals surface area contributed by atoms with Gasteiger partial charge in [-0.25, -0.2) is 0 Å². The van der Waals surface area contributed by atoms with Crippen molar-refractivity contribution in [3.63, 3.8) is 0 Å². The van der Waals surface area contributed by atoms with E-state index in [4.69, 9.17) is 0 Å². The number of carbonyl (C=O) groups is 2. The van der Waals surface area contributed by atoms with Crippen molar-refractivity contribution in [1.82, 2.24) is 15.2 Å². The third-order valence-corrected chi connectivity index (χ3v) is 3.67. The van der Waals surface area contributed by atoms with Gasteiger partial charge in [0.1, 0.15) is 6.54 Å². The summed E-state index contributed by atoms with van der Waals surface area (Å²) in [6.45, 7) is 2.03. The van der Waals surface area contributed by atoms with Crippen molar-refractivity contribution in [3.8, 4) is 0 Å². The number of amides is 2. The Bertz CT molecular complexity index is 438. The molecule has 1 aromatic heterocycles. The Hall–Kier alpha value is -1.56. The van der Waals surface area contributed by atoms with Gasteiger partial charge in [-0.15, -0.1) is 11.8 Å². The quantitative estimate of drug-likeness (QED) is 0.874. The summed E-state index contributed by atoms with van der Waals surface area (Å²) in [6, 6.07) is 3.64. The van der Waals surface area contributed by atoms with Crippen molar-refractivity contribution in [1.29, 1.82) is 0 Å². The molecule has 1 fully saturated rings. The van der Waals surface area contributed by atoms with Gasteiger partial charge in [-0.05, 0) is 18.6 Å². The molecule has 1 aromatic rings. The maximum absolute atomic E-state index is 11.8. The predicted molar refractivity (Wildman–Crippen MR) is 69.8 cm³/mol. The molecular weight excluding hydrogens is 250 g/mol. The zero-order valence-electron chi connectivity index (χ0n) is 10.1. The molecule has 1 saturated heterocycles. The van der Waals surface area contributed by atoms with E-state index in [9.17, 15) is 9.59 Å². The van der Waals surface area contributed by atoms with E-state index in [1.54, 1.807) is 17.3 Å². The third kappa shape index (κ3) is 3.22. The Morgan fingerprint density at radius 3 is 3.11 bits per heavy atom. The first-order chi connectivity index (χ1) is 8.66. The first kappa shape index (κ1) is 12.9. The highest BCUT2D eigenvalue weighted by Gasteiger charge is 2.23. The van der Waals surface area contributed by atoms with Crippen molar-refractivity contribution >= 4 is 23.6 Å². The molecule has 2 heterocycles. The van der Waals surface area contributed by atoms with Gasteiger partial charge >= 0.3 is 0 Å². The lowest BCUT2D eigenvalue weighted by Gasteiger charge is -2.17. The van der Waals surface area contributed by atoms with Gasteiger partial charge < -0.3 is 10.2 Å². The van der Waals surface area contributed by atoms with Crippen LogP contribution < -0.4 is 5.32 Å². The van der Waals surface area contributed by atoms with Crippen LogP contribution in [0, 0.1) is 0 Å². The lowest BCUT2D eigenvalue weighted by atomic mass is 10.1. The van der Waals surface area contributed by atoms with Gasteiger partial charge in [0.15, 0.2) is 0 Å². The Morgan fingerprint density at radius 2 is 2.50 bits per heavy atom. The second-order valence-corrected chi connectivity index (χ2v) is 5.10. The van der Waals surface area contributed by atoms with Crippen LogP contribution in [0.25, 0.3) is 0 Å². The van der Waals surface area contributed by atoms with Crippen LogP contribution in [-0.2, 0) is 9.59 Å². The molecule has 0 aromatic carbocycles. The van der Waals surface area contributed by atoms with E-state index in [2.05, 4.69) is 10.3 Å². The average Bonchev–Trinajstić information content (AvgIpc) is 2.76. The van der Waals surface area contributed by atoms with E-state index < -0.39 is 0 Å². The van der Waals surface area contributed by atoms with Crippen LogP contribution in [0.2, 0.25) is 0 Å². The molecule has 1 aliphatic rings. The summed E-state index contributed by atoms with van der Waals surface area (Å²) in [5, 5.41) is 2.86. The van der Waals surface area contributed by atoms with Crippen molar-refractivity contribution in [2.45, 2.75) is 13.0 Å². The first-order valence-corrected chi connectivity index (χ1v) is 6.87. The number of hydrogen-bond donors (Lipinski definition) is 1. The smallest absolute Gasteiger partial charge is 0.240 e. The minimum Gasteiger partial charge on any atom is -0.348 e. The first-order valence-electron chi connectivity index (χ1n) is 5.71. The summed E-state index contributed by atoms with van der Waals surface area (Å²) in [5.41, 5.74) is 0.952. The molecule has 2 rings (SSSR count). The van der Waals surface area contributed by atoms with E-state index in [0.29, 0.717) is 11.6 Å². The lowest BCUT2D eigenvalue weighted by Crippen LogP contribution is -2.39. The highest BCUT2D eigenvalue weighted by atomic mass is 32.2. The van der Waals surface area contributed by atoms with Crippen LogP contribution in [0.5, 0.6) is 0 Å². The van der Waals surface area contributed by atoms with Crippen LogP contribution in [0.1, 0.15) is 18.5 Å². The standard InChI is InChI=1S/C12H15N3O2S/c1-9(10-3-2-4-13-5-10)14-11(16)6-15-8-18-7-12(15)17/h2-5,9H,6-8H2,1H3,(H,14,16). The summed E-state index contributed by atoms with van der Waals surface area (Å²) in [5.74, 6) is 0.977. The minimum atomic E-state index is -0.137. The van der Waals surface area contributed by atoms with E-state index in [0.717, 1.165) is 5.56 Å². The molecule has 0 radical (unpaired) electrons. The topological polar surface area (TPSA) is 62.3 Å². The Morgan fingerprint density at radius 1 is 1.67 bits per heavy atom. The molecule has 1 N–H and O–H groups in total. The van der Waals surface area contributed by atoms with Crippen LogP contribution in [0.15, 0.2) is 24.5 Å². The molecule has 96 valence electrons. The number of hydrogen-bond acceptors (Lipinski definition) is 4. The summed E-state index contributed by atoms with van der Waals surface area (Å²) >= 11 is 1.53. The molecule has 1 aliphatic heterocycles. The van der Waals surface area contributed by atoms with Crippen molar-refractivity contribution in [2.24, 2.45) is 0 Å². The molecule has 6 heteroatoms. The molecule has 5 nitrogen and oxygen atoms in total. The fourth-order valence-corrected chi connectivity index (χ4v) is 2.62. The summed E-state index contributed by atoms with van der Waals surface area (Å²) in [4.78, 5) is 28.7.